The van der Waals surface area contributed by atoms with Crippen LogP contribution in [0.3, 0.4) is 0 Å². The summed E-state index contributed by atoms with van der Waals surface area (Å²) in [6.45, 7) is 0. The Morgan fingerprint density at radius 1 is 1.08 bits per heavy atom. The Bertz CT molecular complexity index is 814. The molecular formula is C22H24N2O2. The largest absolute Gasteiger partial charge is 0.497 e. The van der Waals surface area contributed by atoms with Crippen molar-refractivity contribution in [3.8, 4) is 5.75 Å². The molecule has 2 bridgehead atoms. The molecule has 2 aliphatic heterocycles. The van der Waals surface area contributed by atoms with Crippen LogP contribution >= 0.6 is 0 Å². The van der Waals surface area contributed by atoms with E-state index in [0.29, 0.717) is 17.6 Å². The van der Waals surface area contributed by atoms with Gasteiger partial charge in [-0.2, -0.15) is 0 Å². The maximum absolute atomic E-state index is 13.4. The van der Waals surface area contributed by atoms with Crippen LogP contribution in [0.2, 0.25) is 0 Å². The van der Waals surface area contributed by atoms with E-state index >= 15 is 0 Å². The number of anilines is 1. The van der Waals surface area contributed by atoms with Gasteiger partial charge in [-0.05, 0) is 62.4 Å². The molecule has 1 amide bonds. The van der Waals surface area contributed by atoms with E-state index in [-0.39, 0.29) is 5.91 Å². The van der Waals surface area contributed by atoms with Crippen LogP contribution in [0.25, 0.3) is 0 Å². The van der Waals surface area contributed by atoms with Crippen LogP contribution in [0, 0.1) is 0 Å². The number of fused-ring (bicyclic) bond motifs is 2. The fourth-order valence-electron chi connectivity index (χ4n) is 4.04. The quantitative estimate of drug-likeness (QED) is 0.834. The fourth-order valence-corrected chi connectivity index (χ4v) is 4.04. The number of hydrogen-bond acceptors (Lipinski definition) is 3. The molecule has 4 rings (SSSR count). The summed E-state index contributed by atoms with van der Waals surface area (Å²) < 4.78 is 5.27. The summed E-state index contributed by atoms with van der Waals surface area (Å²) in [5, 5.41) is 0. The minimum Gasteiger partial charge on any atom is -0.497 e. The number of ether oxygens (including phenoxy) is 1. The Kier molecular flexibility index (Phi) is 4.51. The summed E-state index contributed by atoms with van der Waals surface area (Å²) in [7, 11) is 3.84. The van der Waals surface area contributed by atoms with E-state index in [1.165, 1.54) is 12.8 Å². The number of hydrogen-bond donors (Lipinski definition) is 0. The molecule has 4 nitrogen and oxygen atoms in total. The van der Waals surface area contributed by atoms with Gasteiger partial charge in [-0.1, -0.05) is 18.2 Å². The fraction of sp³-hybridized carbons (Fsp3) is 0.318. The van der Waals surface area contributed by atoms with Crippen LogP contribution in [0.5, 0.6) is 5.75 Å². The van der Waals surface area contributed by atoms with E-state index in [4.69, 9.17) is 4.74 Å². The van der Waals surface area contributed by atoms with E-state index in [0.717, 1.165) is 23.6 Å². The van der Waals surface area contributed by atoms with Crippen molar-refractivity contribution < 1.29 is 9.53 Å². The van der Waals surface area contributed by atoms with Crippen molar-refractivity contribution in [1.29, 1.82) is 0 Å². The average molecular weight is 348 g/mol. The summed E-state index contributed by atoms with van der Waals surface area (Å²) in [4.78, 5) is 17.7. The van der Waals surface area contributed by atoms with Crippen molar-refractivity contribution in [2.45, 2.75) is 31.3 Å². The third-order valence-corrected chi connectivity index (χ3v) is 5.57. The molecule has 26 heavy (non-hydrogen) atoms. The van der Waals surface area contributed by atoms with E-state index in [1.54, 1.807) is 7.11 Å². The second-order valence-corrected chi connectivity index (χ2v) is 7.03. The first-order chi connectivity index (χ1) is 12.7. The van der Waals surface area contributed by atoms with E-state index in [1.807, 2.05) is 59.5 Å². The lowest BCUT2D eigenvalue weighted by molar-refractivity contribution is 0.0991. The number of likely N-dealkylation sites (N-methyl/N-ethyl adjacent to an activating group) is 1. The predicted molar refractivity (Wildman–Crippen MR) is 104 cm³/mol. The highest BCUT2D eigenvalue weighted by atomic mass is 16.5. The molecule has 1 saturated heterocycles. The zero-order chi connectivity index (χ0) is 18.1. The van der Waals surface area contributed by atoms with Gasteiger partial charge in [0, 0.05) is 35.5 Å². The van der Waals surface area contributed by atoms with E-state index in [2.05, 4.69) is 18.0 Å². The lowest BCUT2D eigenvalue weighted by atomic mass is 10.0. The molecule has 1 fully saturated rings. The molecular weight excluding hydrogens is 324 g/mol. The van der Waals surface area contributed by atoms with Crippen LogP contribution < -0.4 is 9.64 Å². The Labute approximate surface area is 154 Å². The minimum absolute atomic E-state index is 0.0194. The molecule has 2 atom stereocenters. The molecule has 0 radical (unpaired) electrons. The molecule has 0 aromatic heterocycles. The van der Waals surface area contributed by atoms with Crippen LogP contribution in [-0.4, -0.2) is 37.0 Å². The third kappa shape index (κ3) is 3.01. The molecule has 2 aliphatic rings. The second kappa shape index (κ2) is 6.96. The van der Waals surface area contributed by atoms with Gasteiger partial charge >= 0.3 is 0 Å². The van der Waals surface area contributed by atoms with Crippen LogP contribution in [0.1, 0.15) is 29.6 Å². The Balaban J connectivity index is 1.74. The number of nitrogens with zero attached hydrogens (tertiary/aromatic N) is 2. The molecule has 0 N–H and O–H groups in total. The summed E-state index contributed by atoms with van der Waals surface area (Å²) in [6.07, 6.45) is 5.53. The van der Waals surface area contributed by atoms with Gasteiger partial charge in [-0.3, -0.25) is 14.6 Å². The maximum atomic E-state index is 13.4. The highest BCUT2D eigenvalue weighted by Crippen LogP contribution is 2.37. The summed E-state index contributed by atoms with van der Waals surface area (Å²) in [5.41, 5.74) is 2.69. The maximum Gasteiger partial charge on any atom is 0.262 e. The molecule has 0 unspecified atom stereocenters. The second-order valence-electron chi connectivity index (χ2n) is 7.03. The summed E-state index contributed by atoms with van der Waals surface area (Å²) in [5.74, 6) is 0.809. The number of carbonyl (C=O) groups is 1. The molecule has 4 heteroatoms. The van der Waals surface area contributed by atoms with Crippen molar-refractivity contribution in [1.82, 2.24) is 4.90 Å². The first-order valence-corrected chi connectivity index (χ1v) is 9.13. The Morgan fingerprint density at radius 3 is 2.46 bits per heavy atom. The highest BCUT2D eigenvalue weighted by molar-refractivity contribution is 6.08. The van der Waals surface area contributed by atoms with Gasteiger partial charge in [-0.25, -0.2) is 0 Å². The van der Waals surface area contributed by atoms with E-state index in [9.17, 15) is 4.79 Å². The van der Waals surface area contributed by atoms with Gasteiger partial charge in [0.05, 0.1) is 7.11 Å². The van der Waals surface area contributed by atoms with Crippen LogP contribution in [-0.2, 0) is 0 Å². The Hall–Kier alpha value is -2.59. The van der Waals surface area contributed by atoms with Gasteiger partial charge in [0.15, 0.2) is 0 Å². The lowest BCUT2D eigenvalue weighted by Gasteiger charge is -2.35. The van der Waals surface area contributed by atoms with Gasteiger partial charge in [0.2, 0.25) is 0 Å². The summed E-state index contributed by atoms with van der Waals surface area (Å²) >= 11 is 0. The highest BCUT2D eigenvalue weighted by Gasteiger charge is 2.37. The zero-order valence-electron chi connectivity index (χ0n) is 15.3. The van der Waals surface area contributed by atoms with Crippen LogP contribution in [0.4, 0.5) is 5.69 Å². The third-order valence-electron chi connectivity index (χ3n) is 5.57. The first-order valence-electron chi connectivity index (χ1n) is 9.13. The van der Waals surface area contributed by atoms with Gasteiger partial charge < -0.3 is 4.74 Å². The van der Waals surface area contributed by atoms with Crippen molar-refractivity contribution >= 4 is 11.6 Å². The number of carbonyl (C=O) groups excluding carboxylic acids is 1. The normalized spacial score (nSPS) is 22.0. The van der Waals surface area contributed by atoms with Gasteiger partial charge in [0.25, 0.3) is 5.91 Å². The number of methoxy groups -OCH3 is 1. The molecule has 0 spiro atoms. The predicted octanol–water partition coefficient (Wildman–Crippen LogP) is 4.09. The van der Waals surface area contributed by atoms with E-state index < -0.39 is 0 Å². The van der Waals surface area contributed by atoms with Crippen LogP contribution in [0.15, 0.2) is 66.4 Å². The molecule has 2 heterocycles. The Morgan fingerprint density at radius 2 is 1.81 bits per heavy atom. The van der Waals surface area contributed by atoms with Crippen molar-refractivity contribution in [3.05, 3.63) is 71.9 Å². The monoisotopic (exact) mass is 348 g/mol. The van der Waals surface area contributed by atoms with Crippen molar-refractivity contribution in [2.75, 3.05) is 19.1 Å². The lowest BCUT2D eigenvalue weighted by Crippen LogP contribution is -2.40. The molecule has 134 valence electrons. The molecule has 0 aliphatic carbocycles. The number of amides is 1. The average Bonchev–Trinajstić information content (AvgIpc) is 2.90. The molecule has 2 aromatic carbocycles. The smallest absolute Gasteiger partial charge is 0.262 e. The SMILES string of the molecule is COc1ccc(N(C(=O)c2ccccc2)C2=C[C@@H]3CC[C@@H](C2)N3C)cc1. The summed E-state index contributed by atoms with van der Waals surface area (Å²) in [6, 6.07) is 18.2. The topological polar surface area (TPSA) is 32.8 Å². The van der Waals surface area contributed by atoms with Gasteiger partial charge in [-0.15, -0.1) is 0 Å². The minimum atomic E-state index is 0.0194. The number of benzene rings is 2. The van der Waals surface area contributed by atoms with Crippen molar-refractivity contribution in [3.63, 3.8) is 0 Å². The molecule has 0 saturated carbocycles. The van der Waals surface area contributed by atoms with Crippen molar-refractivity contribution in [2.24, 2.45) is 0 Å². The zero-order valence-corrected chi connectivity index (χ0v) is 15.3. The molecule has 2 aromatic rings. The van der Waals surface area contributed by atoms with Gasteiger partial charge in [0.1, 0.15) is 5.75 Å². The standard InChI is InChI=1S/C22H24N2O2/c1-23-18-8-9-19(23)15-20(14-18)24(17-10-12-21(26-2)13-11-17)22(25)16-6-4-3-5-7-16/h3-7,10-14,18-19H,8-9,15H2,1-2H3/t18-,19-/m0/s1. The number of rotatable bonds is 4. The first kappa shape index (κ1) is 16.9.